The lowest BCUT2D eigenvalue weighted by molar-refractivity contribution is -0.304. The van der Waals surface area contributed by atoms with Crippen molar-refractivity contribution >= 4 is 0 Å². The van der Waals surface area contributed by atoms with Gasteiger partial charge in [0, 0.05) is 0 Å². The molecule has 1 aromatic carbocycles. The van der Waals surface area contributed by atoms with Crippen molar-refractivity contribution in [1.29, 1.82) is 0 Å². The van der Waals surface area contributed by atoms with Crippen molar-refractivity contribution in [3.05, 3.63) is 35.9 Å². The summed E-state index contributed by atoms with van der Waals surface area (Å²) in [6, 6.07) is 9.28. The molecule has 0 spiro atoms. The Balaban J connectivity index is 1.95. The highest BCUT2D eigenvalue weighted by atomic mass is 16.7. The summed E-state index contributed by atoms with van der Waals surface area (Å²) >= 11 is 0. The molecule has 1 fully saturated rings. The van der Waals surface area contributed by atoms with Crippen LogP contribution >= 0.6 is 0 Å². The number of aliphatic hydroxyl groups excluding tert-OH is 4. The summed E-state index contributed by atoms with van der Waals surface area (Å²) in [6.45, 7) is -0.264. The van der Waals surface area contributed by atoms with Crippen LogP contribution in [0.3, 0.4) is 0 Å². The third-order valence-corrected chi connectivity index (χ3v) is 3.11. The second kappa shape index (κ2) is 6.42. The van der Waals surface area contributed by atoms with Crippen molar-refractivity contribution in [2.24, 2.45) is 0 Å². The predicted octanol–water partition coefficient (Wildman–Crippen LogP) is -0.997. The Morgan fingerprint density at radius 3 is 2.32 bits per heavy atom. The van der Waals surface area contributed by atoms with Crippen LogP contribution in [0.5, 0.6) is 0 Å². The third-order valence-electron chi connectivity index (χ3n) is 3.11. The molecule has 0 aliphatic carbocycles. The molecule has 19 heavy (non-hydrogen) atoms. The van der Waals surface area contributed by atoms with Gasteiger partial charge in [0.1, 0.15) is 24.4 Å². The van der Waals surface area contributed by atoms with E-state index in [1.54, 1.807) is 0 Å². The van der Waals surface area contributed by atoms with Crippen LogP contribution in [0.25, 0.3) is 0 Å². The van der Waals surface area contributed by atoms with Crippen LogP contribution in [-0.2, 0) is 16.1 Å². The first-order chi connectivity index (χ1) is 9.13. The van der Waals surface area contributed by atoms with Crippen molar-refractivity contribution in [2.75, 3.05) is 6.61 Å². The van der Waals surface area contributed by atoms with Gasteiger partial charge in [0.2, 0.25) is 0 Å². The summed E-state index contributed by atoms with van der Waals surface area (Å²) in [5.74, 6) is 0. The molecule has 4 unspecified atom stereocenters. The maximum atomic E-state index is 9.76. The number of aliphatic hydroxyl groups is 4. The average Bonchev–Trinajstić information content (AvgIpc) is 2.45. The number of benzene rings is 1. The minimum atomic E-state index is -1.41. The standard InChI is InChI=1S/C13H18O6/c14-6-9-10(15)11(16)12(17)13(19-9)18-7-8-4-2-1-3-5-8/h1-5,9-17H,6-7H2/t9-,10?,11?,12?,13?/m1/s1. The number of rotatable bonds is 4. The Morgan fingerprint density at radius 2 is 1.68 bits per heavy atom. The molecule has 5 atom stereocenters. The van der Waals surface area contributed by atoms with Gasteiger partial charge in [-0.25, -0.2) is 0 Å². The van der Waals surface area contributed by atoms with Gasteiger partial charge in [-0.15, -0.1) is 0 Å². The summed E-state index contributed by atoms with van der Waals surface area (Å²) in [5.41, 5.74) is 0.888. The van der Waals surface area contributed by atoms with Crippen molar-refractivity contribution in [3.63, 3.8) is 0 Å². The maximum Gasteiger partial charge on any atom is 0.187 e. The molecular formula is C13H18O6. The first-order valence-electron chi connectivity index (χ1n) is 6.09. The molecule has 2 rings (SSSR count). The molecule has 1 heterocycles. The molecule has 1 aliphatic rings. The second-order valence-electron chi connectivity index (χ2n) is 4.49. The van der Waals surface area contributed by atoms with E-state index in [0.29, 0.717) is 0 Å². The molecular weight excluding hydrogens is 252 g/mol. The average molecular weight is 270 g/mol. The van der Waals surface area contributed by atoms with Gasteiger partial charge in [-0.3, -0.25) is 0 Å². The third kappa shape index (κ3) is 3.30. The largest absolute Gasteiger partial charge is 0.394 e. The highest BCUT2D eigenvalue weighted by molar-refractivity contribution is 5.13. The lowest BCUT2D eigenvalue weighted by Gasteiger charge is -2.39. The minimum Gasteiger partial charge on any atom is -0.394 e. The van der Waals surface area contributed by atoms with E-state index < -0.39 is 37.3 Å². The van der Waals surface area contributed by atoms with Crippen LogP contribution in [0.4, 0.5) is 0 Å². The summed E-state index contributed by atoms with van der Waals surface area (Å²) in [6.07, 6.45) is -6.17. The SMILES string of the molecule is OC[C@H]1OC(OCc2ccccc2)C(O)C(O)C1O. The van der Waals surface area contributed by atoms with Crippen molar-refractivity contribution in [3.8, 4) is 0 Å². The molecule has 106 valence electrons. The van der Waals surface area contributed by atoms with Crippen LogP contribution in [0.1, 0.15) is 5.56 Å². The van der Waals surface area contributed by atoms with Gasteiger partial charge in [0.15, 0.2) is 6.29 Å². The normalized spacial score (nSPS) is 35.3. The molecule has 0 aromatic heterocycles. The molecule has 0 bridgehead atoms. The van der Waals surface area contributed by atoms with Crippen molar-refractivity contribution in [1.82, 2.24) is 0 Å². The van der Waals surface area contributed by atoms with E-state index in [4.69, 9.17) is 14.6 Å². The highest BCUT2D eigenvalue weighted by Crippen LogP contribution is 2.22. The van der Waals surface area contributed by atoms with E-state index in [0.717, 1.165) is 5.56 Å². The Hall–Kier alpha value is -1.02. The fraction of sp³-hybridized carbons (Fsp3) is 0.538. The Morgan fingerprint density at radius 1 is 1.00 bits per heavy atom. The molecule has 4 N–H and O–H groups in total. The lowest BCUT2D eigenvalue weighted by Crippen LogP contribution is -2.59. The molecule has 0 amide bonds. The number of ether oxygens (including phenoxy) is 2. The van der Waals surface area contributed by atoms with E-state index in [-0.39, 0.29) is 6.61 Å². The lowest BCUT2D eigenvalue weighted by atomic mass is 9.99. The Kier molecular flexibility index (Phi) is 4.87. The van der Waals surface area contributed by atoms with E-state index in [1.165, 1.54) is 0 Å². The summed E-state index contributed by atoms with van der Waals surface area (Å²) < 4.78 is 10.6. The Labute approximate surface area is 110 Å². The van der Waals surface area contributed by atoms with Gasteiger partial charge < -0.3 is 29.9 Å². The predicted molar refractivity (Wildman–Crippen MR) is 65.0 cm³/mol. The van der Waals surface area contributed by atoms with Crippen molar-refractivity contribution < 1.29 is 29.9 Å². The molecule has 0 saturated carbocycles. The molecule has 0 radical (unpaired) electrons. The first-order valence-corrected chi connectivity index (χ1v) is 6.09. The van der Waals surface area contributed by atoms with Gasteiger partial charge in [0.25, 0.3) is 0 Å². The van der Waals surface area contributed by atoms with Gasteiger partial charge >= 0.3 is 0 Å². The summed E-state index contributed by atoms with van der Waals surface area (Å²) in [7, 11) is 0. The molecule has 1 aromatic rings. The van der Waals surface area contributed by atoms with Gasteiger partial charge in [-0.1, -0.05) is 30.3 Å². The molecule has 6 heteroatoms. The van der Waals surface area contributed by atoms with Crippen LogP contribution in [-0.4, -0.2) is 57.7 Å². The van der Waals surface area contributed by atoms with E-state index in [9.17, 15) is 15.3 Å². The second-order valence-corrected chi connectivity index (χ2v) is 4.49. The topological polar surface area (TPSA) is 99.4 Å². The molecule has 1 saturated heterocycles. The maximum absolute atomic E-state index is 9.76. The fourth-order valence-electron chi connectivity index (χ4n) is 1.96. The minimum absolute atomic E-state index is 0.198. The van der Waals surface area contributed by atoms with E-state index in [1.807, 2.05) is 30.3 Å². The number of hydrogen-bond acceptors (Lipinski definition) is 6. The van der Waals surface area contributed by atoms with Gasteiger partial charge in [-0.05, 0) is 5.56 Å². The summed E-state index contributed by atoms with van der Waals surface area (Å²) in [5, 5.41) is 38.0. The van der Waals surface area contributed by atoms with Crippen LogP contribution in [0, 0.1) is 0 Å². The fourth-order valence-corrected chi connectivity index (χ4v) is 1.96. The van der Waals surface area contributed by atoms with Crippen LogP contribution in [0.2, 0.25) is 0 Å². The van der Waals surface area contributed by atoms with Gasteiger partial charge in [-0.2, -0.15) is 0 Å². The monoisotopic (exact) mass is 270 g/mol. The number of hydrogen-bond donors (Lipinski definition) is 4. The summed E-state index contributed by atoms with van der Waals surface area (Å²) in [4.78, 5) is 0. The first kappa shape index (κ1) is 14.4. The molecule has 1 aliphatic heterocycles. The van der Waals surface area contributed by atoms with E-state index in [2.05, 4.69) is 0 Å². The Bertz CT molecular complexity index is 382. The smallest absolute Gasteiger partial charge is 0.187 e. The zero-order valence-electron chi connectivity index (χ0n) is 10.3. The highest BCUT2D eigenvalue weighted by Gasteiger charge is 2.43. The zero-order chi connectivity index (χ0) is 13.8. The van der Waals surface area contributed by atoms with Crippen LogP contribution < -0.4 is 0 Å². The van der Waals surface area contributed by atoms with Crippen LogP contribution in [0.15, 0.2) is 30.3 Å². The van der Waals surface area contributed by atoms with Crippen molar-refractivity contribution in [2.45, 2.75) is 37.3 Å². The quantitative estimate of drug-likeness (QED) is 0.560. The van der Waals surface area contributed by atoms with E-state index >= 15 is 0 Å². The zero-order valence-corrected chi connectivity index (χ0v) is 10.3. The van der Waals surface area contributed by atoms with Gasteiger partial charge in [0.05, 0.1) is 13.2 Å². The molecule has 6 nitrogen and oxygen atoms in total.